The molecular weight excluding hydrogens is 372 g/mol. The summed E-state index contributed by atoms with van der Waals surface area (Å²) in [7, 11) is 1.60. The predicted molar refractivity (Wildman–Crippen MR) is 116 cm³/mol. The van der Waals surface area contributed by atoms with E-state index in [1.54, 1.807) is 18.9 Å². The van der Waals surface area contributed by atoms with Crippen LogP contribution >= 0.6 is 11.8 Å². The van der Waals surface area contributed by atoms with Crippen LogP contribution < -0.4 is 15.5 Å². The predicted octanol–water partition coefficient (Wildman–Crippen LogP) is 5.41. The van der Waals surface area contributed by atoms with Gasteiger partial charge in [-0.25, -0.2) is 4.98 Å². The molecule has 0 bridgehead atoms. The first-order valence-corrected chi connectivity index (χ1v) is 10.3. The number of nitrogens with zero attached hydrogens (tertiary/aromatic N) is 1. The van der Waals surface area contributed by atoms with E-state index in [4.69, 9.17) is 9.15 Å². The van der Waals surface area contributed by atoms with Gasteiger partial charge in [0.2, 0.25) is 5.88 Å². The Morgan fingerprint density at radius 3 is 2.64 bits per heavy atom. The molecule has 28 heavy (non-hydrogen) atoms. The van der Waals surface area contributed by atoms with Crippen LogP contribution in [0.25, 0.3) is 11.0 Å². The Kier molecular flexibility index (Phi) is 5.98. The van der Waals surface area contributed by atoms with Crippen molar-refractivity contribution in [3.8, 4) is 5.88 Å². The molecule has 0 unspecified atom stereocenters. The summed E-state index contributed by atoms with van der Waals surface area (Å²) < 4.78 is 11.4. The molecule has 3 rings (SSSR count). The average molecular weight is 399 g/mol. The number of hydrogen-bond donors (Lipinski definition) is 1. The fourth-order valence-electron chi connectivity index (χ4n) is 3.25. The molecule has 1 aromatic carbocycles. The molecule has 2 aromatic heterocycles. The number of benzene rings is 1. The highest BCUT2D eigenvalue weighted by Gasteiger charge is 2.18. The zero-order chi connectivity index (χ0) is 20.4. The van der Waals surface area contributed by atoms with E-state index in [1.807, 2.05) is 45.9 Å². The molecule has 0 aliphatic carbocycles. The summed E-state index contributed by atoms with van der Waals surface area (Å²) in [5.41, 5.74) is 5.12. The van der Waals surface area contributed by atoms with Gasteiger partial charge in [0.25, 0.3) is 0 Å². The lowest BCUT2D eigenvalue weighted by Gasteiger charge is -2.19. The van der Waals surface area contributed by atoms with Gasteiger partial charge in [0.15, 0.2) is 10.5 Å². The second-order valence-corrected chi connectivity index (χ2v) is 8.10. The van der Waals surface area contributed by atoms with Crippen molar-refractivity contribution in [1.82, 2.24) is 4.98 Å². The fourth-order valence-corrected chi connectivity index (χ4v) is 3.97. The number of hydrogen-bond acceptors (Lipinski definition) is 6. The molecule has 6 heteroatoms. The first kappa shape index (κ1) is 20.3. The van der Waals surface area contributed by atoms with E-state index in [9.17, 15) is 4.79 Å². The maximum Gasteiger partial charge on any atom is 0.213 e. The maximum atomic E-state index is 12.9. The molecule has 0 saturated carbocycles. The van der Waals surface area contributed by atoms with Gasteiger partial charge in [0.1, 0.15) is 5.58 Å². The number of ether oxygens (including phenoxy) is 1. The molecule has 0 fully saturated rings. The largest absolute Gasteiger partial charge is 0.481 e. The third-order valence-electron chi connectivity index (χ3n) is 4.73. The summed E-state index contributed by atoms with van der Waals surface area (Å²) in [6, 6.07) is 7.70. The molecule has 0 aliphatic heterocycles. The number of pyridine rings is 1. The minimum atomic E-state index is -0.0679. The van der Waals surface area contributed by atoms with Crippen LogP contribution in [0.1, 0.15) is 42.3 Å². The van der Waals surface area contributed by atoms with Crippen molar-refractivity contribution >= 4 is 28.4 Å². The van der Waals surface area contributed by atoms with Crippen LogP contribution in [0, 0.1) is 20.8 Å². The molecule has 0 radical (unpaired) electrons. The van der Waals surface area contributed by atoms with Gasteiger partial charge in [-0.1, -0.05) is 24.8 Å². The molecular formula is C22H26N2O3S. The number of methoxy groups -OCH3 is 1. The molecule has 0 amide bonds. The highest BCUT2D eigenvalue weighted by atomic mass is 32.2. The lowest BCUT2D eigenvalue weighted by Crippen LogP contribution is -2.13. The SMILES string of the molecule is CCSc1oc2c([C@@H](C)Nc3ccc(OC)nc3C)cc(C)cc2c(=O)c1C. The Morgan fingerprint density at radius 1 is 1.25 bits per heavy atom. The normalized spacial score (nSPS) is 12.2. The Morgan fingerprint density at radius 2 is 2.00 bits per heavy atom. The van der Waals surface area contributed by atoms with E-state index >= 15 is 0 Å². The van der Waals surface area contributed by atoms with Crippen LogP contribution in [0.15, 0.2) is 38.6 Å². The number of nitrogens with one attached hydrogen (secondary N) is 1. The topological polar surface area (TPSA) is 64.4 Å². The van der Waals surface area contributed by atoms with Crippen LogP contribution in [0.2, 0.25) is 0 Å². The maximum absolute atomic E-state index is 12.9. The van der Waals surface area contributed by atoms with Crippen LogP contribution in [0.3, 0.4) is 0 Å². The van der Waals surface area contributed by atoms with Gasteiger partial charge in [-0.05, 0) is 51.1 Å². The molecule has 1 atom stereocenters. The average Bonchev–Trinajstić information content (AvgIpc) is 2.67. The molecule has 0 saturated heterocycles. The summed E-state index contributed by atoms with van der Waals surface area (Å²) in [5.74, 6) is 1.43. The zero-order valence-electron chi connectivity index (χ0n) is 17.2. The molecule has 1 N–H and O–H groups in total. The summed E-state index contributed by atoms with van der Waals surface area (Å²) in [6.07, 6.45) is 0. The molecule has 148 valence electrons. The summed E-state index contributed by atoms with van der Waals surface area (Å²) >= 11 is 1.56. The van der Waals surface area contributed by atoms with Crippen molar-refractivity contribution < 1.29 is 9.15 Å². The van der Waals surface area contributed by atoms with E-state index in [1.165, 1.54) is 0 Å². The summed E-state index contributed by atoms with van der Waals surface area (Å²) in [4.78, 5) is 17.3. The van der Waals surface area contributed by atoms with Crippen molar-refractivity contribution in [3.05, 3.63) is 56.9 Å². The van der Waals surface area contributed by atoms with Crippen LogP contribution in [-0.2, 0) is 0 Å². The second-order valence-electron chi connectivity index (χ2n) is 6.86. The molecule has 5 nitrogen and oxygen atoms in total. The number of thioether (sulfide) groups is 1. The van der Waals surface area contributed by atoms with E-state index in [0.29, 0.717) is 27.5 Å². The first-order chi connectivity index (χ1) is 13.3. The fraction of sp³-hybridized carbons (Fsp3) is 0.364. The van der Waals surface area contributed by atoms with Crippen molar-refractivity contribution in [2.75, 3.05) is 18.2 Å². The summed E-state index contributed by atoms with van der Waals surface area (Å²) in [6.45, 7) is 9.88. The number of rotatable bonds is 6. The van der Waals surface area contributed by atoms with Gasteiger partial charge in [0, 0.05) is 17.2 Å². The van der Waals surface area contributed by atoms with Gasteiger partial charge >= 0.3 is 0 Å². The minimum Gasteiger partial charge on any atom is -0.481 e. The zero-order valence-corrected chi connectivity index (χ0v) is 18.0. The second kappa shape index (κ2) is 8.27. The molecule has 0 spiro atoms. The van der Waals surface area contributed by atoms with Crippen molar-refractivity contribution in [1.29, 1.82) is 0 Å². The quantitative estimate of drug-likeness (QED) is 0.560. The van der Waals surface area contributed by atoms with Crippen LogP contribution in [-0.4, -0.2) is 17.8 Å². The Hall–Kier alpha value is -2.47. The standard InChI is InChI=1S/C22H26N2O3S/c1-7-28-22-13(3)20(25)17-11-12(2)10-16(21(17)27-22)14(4)23-18-8-9-19(26-6)24-15(18)5/h8-11,14,23H,7H2,1-6H3/t14-/m1/s1. The lowest BCUT2D eigenvalue weighted by atomic mass is 10.0. The van der Waals surface area contributed by atoms with E-state index in [-0.39, 0.29) is 11.5 Å². The minimum absolute atomic E-state index is 0.0386. The monoisotopic (exact) mass is 398 g/mol. The van der Waals surface area contributed by atoms with Gasteiger partial charge in [-0.3, -0.25) is 4.79 Å². The Balaban J connectivity index is 2.09. The first-order valence-electron chi connectivity index (χ1n) is 9.34. The van der Waals surface area contributed by atoms with Gasteiger partial charge in [-0.2, -0.15) is 0 Å². The number of aromatic nitrogens is 1. The lowest BCUT2D eigenvalue weighted by molar-refractivity contribution is 0.397. The van der Waals surface area contributed by atoms with Crippen LogP contribution in [0.5, 0.6) is 5.88 Å². The Labute approximate surface area is 169 Å². The van der Waals surface area contributed by atoms with Gasteiger partial charge < -0.3 is 14.5 Å². The van der Waals surface area contributed by atoms with Crippen LogP contribution in [0.4, 0.5) is 5.69 Å². The number of fused-ring (bicyclic) bond motifs is 1. The highest BCUT2D eigenvalue weighted by molar-refractivity contribution is 7.99. The Bertz CT molecular complexity index is 1080. The van der Waals surface area contributed by atoms with Crippen molar-refractivity contribution in [3.63, 3.8) is 0 Å². The van der Waals surface area contributed by atoms with Crippen molar-refractivity contribution in [2.45, 2.75) is 45.8 Å². The van der Waals surface area contributed by atoms with E-state index < -0.39 is 0 Å². The van der Waals surface area contributed by atoms with E-state index in [0.717, 1.165) is 28.3 Å². The highest BCUT2D eigenvalue weighted by Crippen LogP contribution is 2.32. The smallest absolute Gasteiger partial charge is 0.213 e. The van der Waals surface area contributed by atoms with Gasteiger partial charge in [0.05, 0.1) is 29.9 Å². The molecule has 3 aromatic rings. The third kappa shape index (κ3) is 3.87. The number of anilines is 1. The molecule has 0 aliphatic rings. The van der Waals surface area contributed by atoms with Gasteiger partial charge in [-0.15, -0.1) is 0 Å². The summed E-state index contributed by atoms with van der Waals surface area (Å²) in [5, 5.41) is 4.82. The van der Waals surface area contributed by atoms with E-state index in [2.05, 4.69) is 23.3 Å². The number of aryl methyl sites for hydroxylation is 2. The van der Waals surface area contributed by atoms with Crippen molar-refractivity contribution in [2.24, 2.45) is 0 Å². The third-order valence-corrected chi connectivity index (χ3v) is 5.67. The molecule has 2 heterocycles.